The maximum Gasteiger partial charge on any atom is 0.169 e. The Bertz CT molecular complexity index is 556. The average molecular weight is 258 g/mol. The summed E-state index contributed by atoms with van der Waals surface area (Å²) < 4.78 is 0. The molecule has 0 amide bonds. The second-order valence-corrected chi connectivity index (χ2v) is 6.49. The van der Waals surface area contributed by atoms with E-state index in [0.29, 0.717) is 0 Å². The third kappa shape index (κ3) is 2.70. The summed E-state index contributed by atoms with van der Waals surface area (Å²) in [7, 11) is 0. The number of rotatable bonds is 2. The van der Waals surface area contributed by atoms with Crippen molar-refractivity contribution in [1.82, 2.24) is 0 Å². The Hall–Kier alpha value is -1.41. The van der Waals surface area contributed by atoms with Crippen LogP contribution in [0.2, 0.25) is 0 Å². The second-order valence-electron chi connectivity index (χ2n) is 5.58. The summed E-state index contributed by atoms with van der Waals surface area (Å²) in [5.74, 6) is 0.137. The summed E-state index contributed by atoms with van der Waals surface area (Å²) in [6.45, 7) is 8.24. The molecule has 0 spiro atoms. The lowest BCUT2D eigenvalue weighted by atomic mass is 9.86. The van der Waals surface area contributed by atoms with Gasteiger partial charge in [-0.2, -0.15) is 0 Å². The number of ketones is 1. The fourth-order valence-electron chi connectivity index (χ4n) is 1.83. The minimum atomic E-state index is 0.137. The van der Waals surface area contributed by atoms with Crippen molar-refractivity contribution in [2.45, 2.75) is 33.1 Å². The molecule has 1 nitrogen and oxygen atoms in total. The monoisotopic (exact) mass is 258 g/mol. The minimum absolute atomic E-state index is 0.137. The van der Waals surface area contributed by atoms with Gasteiger partial charge in [-0.05, 0) is 40.5 Å². The maximum absolute atomic E-state index is 11.3. The van der Waals surface area contributed by atoms with Crippen molar-refractivity contribution in [1.29, 1.82) is 0 Å². The standard InChI is InChI=1S/C16H18OS/c1-11(17)15-9-13(10-18-15)12-5-7-14(8-6-12)16(2,3)4/h5-10H,1-4H3. The van der Waals surface area contributed by atoms with Crippen molar-refractivity contribution < 1.29 is 4.79 Å². The third-order valence-corrected chi connectivity index (χ3v) is 4.06. The zero-order valence-corrected chi connectivity index (χ0v) is 12.1. The summed E-state index contributed by atoms with van der Waals surface area (Å²) >= 11 is 1.51. The van der Waals surface area contributed by atoms with E-state index < -0.39 is 0 Å². The first kappa shape index (κ1) is 13.0. The molecule has 0 N–H and O–H groups in total. The van der Waals surface area contributed by atoms with E-state index in [1.54, 1.807) is 6.92 Å². The quantitative estimate of drug-likeness (QED) is 0.699. The van der Waals surface area contributed by atoms with Crippen LogP contribution in [0.1, 0.15) is 42.9 Å². The molecule has 0 fully saturated rings. The molecule has 2 aromatic rings. The highest BCUT2D eigenvalue weighted by Gasteiger charge is 2.13. The SMILES string of the molecule is CC(=O)c1cc(-c2ccc(C(C)(C)C)cc2)cs1. The summed E-state index contributed by atoms with van der Waals surface area (Å²) in [4.78, 5) is 12.1. The molecule has 1 aromatic heterocycles. The van der Waals surface area contributed by atoms with Crippen LogP contribution in [0.25, 0.3) is 11.1 Å². The van der Waals surface area contributed by atoms with Crippen molar-refractivity contribution in [3.8, 4) is 11.1 Å². The predicted octanol–water partition coefficient (Wildman–Crippen LogP) is 4.92. The van der Waals surface area contributed by atoms with Gasteiger partial charge < -0.3 is 0 Å². The second kappa shape index (κ2) is 4.69. The number of thiophene rings is 1. The van der Waals surface area contributed by atoms with E-state index in [-0.39, 0.29) is 11.2 Å². The first-order valence-corrected chi connectivity index (χ1v) is 6.96. The van der Waals surface area contributed by atoms with Crippen LogP contribution in [-0.2, 0) is 5.41 Å². The van der Waals surface area contributed by atoms with Crippen LogP contribution in [0.5, 0.6) is 0 Å². The molecule has 0 aliphatic carbocycles. The Balaban J connectivity index is 2.31. The van der Waals surface area contributed by atoms with E-state index in [1.807, 2.05) is 11.4 Å². The van der Waals surface area contributed by atoms with Gasteiger partial charge in [0.1, 0.15) is 0 Å². The van der Waals surface area contributed by atoms with Crippen molar-refractivity contribution in [3.05, 3.63) is 46.2 Å². The van der Waals surface area contributed by atoms with E-state index in [2.05, 4.69) is 45.0 Å². The Morgan fingerprint density at radius 2 is 1.67 bits per heavy atom. The Morgan fingerprint density at radius 1 is 1.06 bits per heavy atom. The van der Waals surface area contributed by atoms with Gasteiger partial charge >= 0.3 is 0 Å². The number of carbonyl (C=O) groups excluding carboxylic acids is 1. The smallest absolute Gasteiger partial charge is 0.169 e. The van der Waals surface area contributed by atoms with Gasteiger partial charge in [-0.3, -0.25) is 4.79 Å². The molecule has 0 radical (unpaired) electrons. The van der Waals surface area contributed by atoms with Crippen molar-refractivity contribution in [2.24, 2.45) is 0 Å². The molecule has 2 rings (SSSR count). The van der Waals surface area contributed by atoms with Crippen molar-refractivity contribution >= 4 is 17.1 Å². The van der Waals surface area contributed by atoms with Crippen LogP contribution in [0.15, 0.2) is 35.7 Å². The molecule has 0 saturated carbocycles. The molecule has 0 unspecified atom stereocenters. The molecule has 1 aromatic carbocycles. The molecular formula is C16H18OS. The first-order chi connectivity index (χ1) is 8.38. The molecule has 0 aliphatic heterocycles. The van der Waals surface area contributed by atoms with Gasteiger partial charge in [0.05, 0.1) is 4.88 Å². The molecule has 1 heterocycles. The Morgan fingerprint density at radius 3 is 2.11 bits per heavy atom. The maximum atomic E-state index is 11.3. The highest BCUT2D eigenvalue weighted by Crippen LogP contribution is 2.29. The minimum Gasteiger partial charge on any atom is -0.294 e. The van der Waals surface area contributed by atoms with Gasteiger partial charge in [-0.25, -0.2) is 0 Å². The molecule has 18 heavy (non-hydrogen) atoms. The molecular weight excluding hydrogens is 240 g/mol. The number of Topliss-reactive ketones (excluding diaryl/α,β-unsaturated/α-hetero) is 1. The van der Waals surface area contributed by atoms with Crippen LogP contribution in [0.4, 0.5) is 0 Å². The van der Waals surface area contributed by atoms with Crippen LogP contribution >= 0.6 is 11.3 Å². The molecule has 94 valence electrons. The lowest BCUT2D eigenvalue weighted by molar-refractivity contribution is 0.102. The third-order valence-electron chi connectivity index (χ3n) is 3.03. The molecule has 0 bridgehead atoms. The zero-order valence-electron chi connectivity index (χ0n) is 11.3. The van der Waals surface area contributed by atoms with Gasteiger partial charge in [-0.1, -0.05) is 45.0 Å². The van der Waals surface area contributed by atoms with Gasteiger partial charge in [0.2, 0.25) is 0 Å². The Labute approximate surface area is 112 Å². The van der Waals surface area contributed by atoms with Gasteiger partial charge in [-0.15, -0.1) is 11.3 Å². The topological polar surface area (TPSA) is 17.1 Å². The van der Waals surface area contributed by atoms with E-state index in [0.717, 1.165) is 10.4 Å². The number of benzene rings is 1. The summed E-state index contributed by atoms with van der Waals surface area (Å²) in [5, 5.41) is 2.04. The molecule has 0 atom stereocenters. The van der Waals surface area contributed by atoms with Gasteiger partial charge in [0, 0.05) is 0 Å². The number of hydrogen-bond donors (Lipinski definition) is 0. The van der Waals surface area contributed by atoms with E-state index in [4.69, 9.17) is 0 Å². The highest BCUT2D eigenvalue weighted by atomic mass is 32.1. The summed E-state index contributed by atoms with van der Waals surface area (Å²) in [6.07, 6.45) is 0. The van der Waals surface area contributed by atoms with Crippen LogP contribution in [0, 0.1) is 0 Å². The lowest BCUT2D eigenvalue weighted by Crippen LogP contribution is -2.10. The zero-order chi connectivity index (χ0) is 13.3. The van der Waals surface area contributed by atoms with Crippen molar-refractivity contribution in [3.63, 3.8) is 0 Å². The van der Waals surface area contributed by atoms with E-state index >= 15 is 0 Å². The fraction of sp³-hybridized carbons (Fsp3) is 0.312. The van der Waals surface area contributed by atoms with Crippen LogP contribution in [-0.4, -0.2) is 5.78 Å². The van der Waals surface area contributed by atoms with E-state index in [1.165, 1.54) is 22.5 Å². The summed E-state index contributed by atoms with van der Waals surface area (Å²) in [6, 6.07) is 10.6. The predicted molar refractivity (Wildman–Crippen MR) is 78.5 cm³/mol. The molecule has 2 heteroatoms. The Kier molecular flexibility index (Phi) is 3.40. The summed E-state index contributed by atoms with van der Waals surface area (Å²) in [5.41, 5.74) is 3.81. The normalized spacial score (nSPS) is 11.6. The van der Waals surface area contributed by atoms with E-state index in [9.17, 15) is 4.79 Å². The number of carbonyl (C=O) groups is 1. The van der Waals surface area contributed by atoms with Gasteiger partial charge in [0.15, 0.2) is 5.78 Å². The first-order valence-electron chi connectivity index (χ1n) is 6.08. The van der Waals surface area contributed by atoms with Crippen LogP contribution in [0.3, 0.4) is 0 Å². The molecule has 0 saturated heterocycles. The van der Waals surface area contributed by atoms with Crippen LogP contribution < -0.4 is 0 Å². The lowest BCUT2D eigenvalue weighted by Gasteiger charge is -2.19. The number of hydrogen-bond acceptors (Lipinski definition) is 2. The average Bonchev–Trinajstić information content (AvgIpc) is 2.77. The molecule has 0 aliphatic rings. The highest BCUT2D eigenvalue weighted by molar-refractivity contribution is 7.12. The largest absolute Gasteiger partial charge is 0.294 e. The fourth-order valence-corrected chi connectivity index (χ4v) is 2.65. The van der Waals surface area contributed by atoms with Crippen molar-refractivity contribution in [2.75, 3.05) is 0 Å². The van der Waals surface area contributed by atoms with Gasteiger partial charge in [0.25, 0.3) is 0 Å².